The van der Waals surface area contributed by atoms with Gasteiger partial charge in [-0.25, -0.2) is 4.39 Å². The number of aromatic nitrogens is 2. The van der Waals surface area contributed by atoms with Crippen LogP contribution in [0.1, 0.15) is 29.8 Å². The molecule has 0 fully saturated rings. The van der Waals surface area contributed by atoms with E-state index in [0.717, 1.165) is 40.9 Å². The average Bonchev–Trinajstić information content (AvgIpc) is 2.95. The van der Waals surface area contributed by atoms with Crippen molar-refractivity contribution in [2.75, 3.05) is 0 Å². The molecule has 1 unspecified atom stereocenters. The van der Waals surface area contributed by atoms with Crippen LogP contribution in [0.25, 0.3) is 11.3 Å². The van der Waals surface area contributed by atoms with Crippen LogP contribution < -0.4 is 5.73 Å². The molecule has 3 aromatic rings. The number of nitrogens with zero attached hydrogens (tertiary/aromatic N) is 2. The second kappa shape index (κ2) is 6.97. The van der Waals surface area contributed by atoms with Gasteiger partial charge in [0.2, 0.25) is 0 Å². The highest BCUT2D eigenvalue weighted by molar-refractivity contribution is 5.60. The Kier molecular flexibility index (Phi) is 4.76. The highest BCUT2D eigenvalue weighted by atomic mass is 19.1. The molecule has 0 aliphatic rings. The first kappa shape index (κ1) is 16.4. The summed E-state index contributed by atoms with van der Waals surface area (Å²) < 4.78 is 14.9. The predicted molar refractivity (Wildman–Crippen MR) is 95.1 cm³/mol. The molecule has 0 spiro atoms. The lowest BCUT2D eigenvalue weighted by Gasteiger charge is -2.06. The van der Waals surface area contributed by atoms with E-state index in [4.69, 9.17) is 5.73 Å². The Hall–Kier alpha value is -2.46. The van der Waals surface area contributed by atoms with Crippen molar-refractivity contribution in [2.24, 2.45) is 12.8 Å². The summed E-state index contributed by atoms with van der Waals surface area (Å²) in [6.45, 7) is 1.98. The van der Waals surface area contributed by atoms with E-state index in [1.807, 2.05) is 42.9 Å². The first-order valence-corrected chi connectivity index (χ1v) is 8.16. The fraction of sp³-hybridized carbons (Fsp3) is 0.250. The zero-order chi connectivity index (χ0) is 17.1. The topological polar surface area (TPSA) is 43.8 Å². The van der Waals surface area contributed by atoms with Gasteiger partial charge in [0, 0.05) is 24.3 Å². The highest BCUT2D eigenvalue weighted by Gasteiger charge is 2.09. The Bertz CT molecular complexity index is 819. The molecule has 124 valence electrons. The summed E-state index contributed by atoms with van der Waals surface area (Å²) in [7, 11) is 1.96. The monoisotopic (exact) mass is 323 g/mol. The molecule has 0 aliphatic heterocycles. The van der Waals surface area contributed by atoms with Crippen LogP contribution >= 0.6 is 0 Å². The SMILES string of the molecule is CC(N)c1cccc(-c2cc(CCc3ccc(F)cc3)n(C)n2)c1. The zero-order valence-electron chi connectivity index (χ0n) is 14.0. The zero-order valence-corrected chi connectivity index (χ0v) is 14.0. The third-order valence-corrected chi connectivity index (χ3v) is 4.27. The van der Waals surface area contributed by atoms with Crippen LogP contribution in [-0.2, 0) is 19.9 Å². The first-order valence-electron chi connectivity index (χ1n) is 8.16. The number of rotatable bonds is 5. The molecule has 3 rings (SSSR count). The van der Waals surface area contributed by atoms with Crippen molar-refractivity contribution < 1.29 is 4.39 Å². The number of halogens is 1. The smallest absolute Gasteiger partial charge is 0.123 e. The van der Waals surface area contributed by atoms with Gasteiger partial charge in [-0.3, -0.25) is 4.68 Å². The van der Waals surface area contributed by atoms with E-state index in [-0.39, 0.29) is 11.9 Å². The normalized spacial score (nSPS) is 12.3. The second-order valence-corrected chi connectivity index (χ2v) is 6.19. The van der Waals surface area contributed by atoms with Crippen molar-refractivity contribution in [3.05, 3.63) is 77.2 Å². The van der Waals surface area contributed by atoms with Gasteiger partial charge in [-0.15, -0.1) is 0 Å². The van der Waals surface area contributed by atoms with Gasteiger partial charge in [-0.2, -0.15) is 5.10 Å². The molecule has 3 nitrogen and oxygen atoms in total. The van der Waals surface area contributed by atoms with Gasteiger partial charge in [-0.1, -0.05) is 30.3 Å². The van der Waals surface area contributed by atoms with E-state index in [1.54, 1.807) is 0 Å². The van der Waals surface area contributed by atoms with E-state index in [1.165, 1.54) is 12.1 Å². The number of nitrogens with two attached hydrogens (primary N) is 1. The average molecular weight is 323 g/mol. The minimum Gasteiger partial charge on any atom is -0.324 e. The van der Waals surface area contributed by atoms with Crippen molar-refractivity contribution >= 4 is 0 Å². The first-order chi connectivity index (χ1) is 11.5. The van der Waals surface area contributed by atoms with Gasteiger partial charge < -0.3 is 5.73 Å². The van der Waals surface area contributed by atoms with Gasteiger partial charge in [0.05, 0.1) is 5.69 Å². The van der Waals surface area contributed by atoms with E-state index in [0.29, 0.717) is 0 Å². The van der Waals surface area contributed by atoms with Gasteiger partial charge in [0.25, 0.3) is 0 Å². The van der Waals surface area contributed by atoms with E-state index in [9.17, 15) is 4.39 Å². The second-order valence-electron chi connectivity index (χ2n) is 6.19. The van der Waals surface area contributed by atoms with Gasteiger partial charge in [-0.05, 0) is 55.2 Å². The lowest BCUT2D eigenvalue weighted by atomic mass is 10.0. The molecule has 2 N–H and O–H groups in total. The van der Waals surface area contributed by atoms with Crippen LogP contribution in [0.5, 0.6) is 0 Å². The molecule has 0 bridgehead atoms. The maximum absolute atomic E-state index is 13.0. The number of aryl methyl sites for hydroxylation is 3. The van der Waals surface area contributed by atoms with Crippen molar-refractivity contribution in [2.45, 2.75) is 25.8 Å². The summed E-state index contributed by atoms with van der Waals surface area (Å²) >= 11 is 0. The predicted octanol–water partition coefficient (Wildman–Crippen LogP) is 4.03. The molecule has 0 aliphatic carbocycles. The van der Waals surface area contributed by atoms with Crippen LogP contribution in [0.15, 0.2) is 54.6 Å². The van der Waals surface area contributed by atoms with E-state index in [2.05, 4.69) is 23.3 Å². The van der Waals surface area contributed by atoms with Gasteiger partial charge >= 0.3 is 0 Å². The summed E-state index contributed by atoms with van der Waals surface area (Å²) in [5, 5.41) is 4.62. The van der Waals surface area contributed by atoms with Crippen LogP contribution in [0.2, 0.25) is 0 Å². The molecule has 1 aromatic heterocycles. The van der Waals surface area contributed by atoms with Crippen molar-refractivity contribution in [1.82, 2.24) is 9.78 Å². The van der Waals surface area contributed by atoms with E-state index >= 15 is 0 Å². The van der Waals surface area contributed by atoms with Crippen molar-refractivity contribution in [1.29, 1.82) is 0 Å². The number of hydrogen-bond donors (Lipinski definition) is 1. The van der Waals surface area contributed by atoms with Crippen LogP contribution in [-0.4, -0.2) is 9.78 Å². The Morgan fingerprint density at radius 2 is 1.83 bits per heavy atom. The Morgan fingerprint density at radius 1 is 1.08 bits per heavy atom. The quantitative estimate of drug-likeness (QED) is 0.770. The molecule has 0 saturated heterocycles. The van der Waals surface area contributed by atoms with Gasteiger partial charge in [0.15, 0.2) is 0 Å². The molecule has 24 heavy (non-hydrogen) atoms. The molecule has 0 radical (unpaired) electrons. The van der Waals surface area contributed by atoms with Crippen molar-refractivity contribution in [3.8, 4) is 11.3 Å². The third-order valence-electron chi connectivity index (χ3n) is 4.27. The lowest BCUT2D eigenvalue weighted by Crippen LogP contribution is -2.04. The summed E-state index contributed by atoms with van der Waals surface area (Å²) in [6.07, 6.45) is 1.72. The standard InChI is InChI=1S/C20H22FN3/c1-14(22)16-4-3-5-17(12-16)20-13-19(24(2)23-20)11-8-15-6-9-18(21)10-7-15/h3-7,9-10,12-14H,8,11,22H2,1-2H3. The molecule has 0 amide bonds. The summed E-state index contributed by atoms with van der Waals surface area (Å²) in [6, 6.07) is 17.0. The van der Waals surface area contributed by atoms with Gasteiger partial charge in [0.1, 0.15) is 5.82 Å². The summed E-state index contributed by atoms with van der Waals surface area (Å²) in [5.74, 6) is -0.199. The van der Waals surface area contributed by atoms with E-state index < -0.39 is 0 Å². The number of hydrogen-bond acceptors (Lipinski definition) is 2. The molecule has 1 heterocycles. The Balaban J connectivity index is 1.77. The van der Waals surface area contributed by atoms with Crippen LogP contribution in [0.4, 0.5) is 4.39 Å². The van der Waals surface area contributed by atoms with Crippen LogP contribution in [0, 0.1) is 5.82 Å². The summed E-state index contributed by atoms with van der Waals surface area (Å²) in [4.78, 5) is 0. The minimum absolute atomic E-state index is 0.00612. The minimum atomic E-state index is -0.199. The maximum atomic E-state index is 13.0. The lowest BCUT2D eigenvalue weighted by molar-refractivity contribution is 0.626. The van der Waals surface area contributed by atoms with Crippen LogP contribution in [0.3, 0.4) is 0 Å². The maximum Gasteiger partial charge on any atom is 0.123 e. The largest absolute Gasteiger partial charge is 0.324 e. The number of benzene rings is 2. The fourth-order valence-electron chi connectivity index (χ4n) is 2.79. The molecule has 1 atom stereocenters. The van der Waals surface area contributed by atoms with Crippen molar-refractivity contribution in [3.63, 3.8) is 0 Å². The Morgan fingerprint density at radius 3 is 2.54 bits per heavy atom. The third kappa shape index (κ3) is 3.71. The highest BCUT2D eigenvalue weighted by Crippen LogP contribution is 2.23. The molecule has 4 heteroatoms. The molecular formula is C20H22FN3. The molecule has 2 aromatic carbocycles. The Labute approximate surface area is 141 Å². The molecular weight excluding hydrogens is 301 g/mol. The summed E-state index contributed by atoms with van der Waals surface area (Å²) in [5.41, 5.74) is 11.4. The molecule has 0 saturated carbocycles. The fourth-order valence-corrected chi connectivity index (χ4v) is 2.79.